The Labute approximate surface area is 99.9 Å². The van der Waals surface area contributed by atoms with Crippen LogP contribution < -0.4 is 10.9 Å². The maximum atomic E-state index is 11.5. The summed E-state index contributed by atoms with van der Waals surface area (Å²) in [5, 5.41) is 4.98. The van der Waals surface area contributed by atoms with Crippen molar-refractivity contribution in [3.05, 3.63) is 22.2 Å². The van der Waals surface area contributed by atoms with E-state index in [0.717, 1.165) is 32.0 Å². The van der Waals surface area contributed by atoms with Crippen molar-refractivity contribution in [1.29, 1.82) is 0 Å². The topological polar surface area (TPSA) is 78.3 Å². The smallest absolute Gasteiger partial charge is 0.351 e. The van der Waals surface area contributed by atoms with E-state index in [1.165, 1.54) is 0 Å². The van der Waals surface area contributed by atoms with E-state index in [0.29, 0.717) is 6.54 Å². The highest BCUT2D eigenvalue weighted by molar-refractivity contribution is 5.91. The van der Waals surface area contributed by atoms with Crippen LogP contribution in [0.1, 0.15) is 30.3 Å². The third-order valence-electron chi connectivity index (χ3n) is 2.56. The summed E-state index contributed by atoms with van der Waals surface area (Å²) in [6.07, 6.45) is 1.95. The third kappa shape index (κ3) is 4.86. The van der Waals surface area contributed by atoms with Gasteiger partial charge in [-0.25, -0.2) is 9.95 Å². The fourth-order valence-electron chi connectivity index (χ4n) is 1.36. The number of nitrogens with zero attached hydrogens (tertiary/aromatic N) is 1. The lowest BCUT2D eigenvalue weighted by atomic mass is 10.3. The molecule has 6 nitrogen and oxygen atoms in total. The van der Waals surface area contributed by atoms with Crippen LogP contribution in [0.25, 0.3) is 0 Å². The van der Waals surface area contributed by atoms with Gasteiger partial charge < -0.3 is 14.7 Å². The van der Waals surface area contributed by atoms with Crippen molar-refractivity contribution < 1.29 is 9.32 Å². The van der Waals surface area contributed by atoms with Crippen LogP contribution in [0.15, 0.2) is 15.4 Å². The van der Waals surface area contributed by atoms with Gasteiger partial charge >= 0.3 is 5.63 Å². The van der Waals surface area contributed by atoms with Crippen LogP contribution >= 0.6 is 0 Å². The second-order valence-electron chi connectivity index (χ2n) is 3.94. The Morgan fingerprint density at radius 2 is 2.29 bits per heavy atom. The molecule has 0 aliphatic heterocycles. The van der Waals surface area contributed by atoms with Crippen molar-refractivity contribution in [2.45, 2.75) is 19.8 Å². The number of carbonyl (C=O) groups is 1. The number of hydrogen-bond acceptors (Lipinski definition) is 4. The number of amides is 1. The zero-order chi connectivity index (χ0) is 12.7. The Morgan fingerprint density at radius 1 is 1.53 bits per heavy atom. The molecule has 6 heteroatoms. The van der Waals surface area contributed by atoms with Crippen molar-refractivity contribution in [2.75, 3.05) is 26.7 Å². The minimum atomic E-state index is -0.542. The van der Waals surface area contributed by atoms with Crippen LogP contribution in [0.5, 0.6) is 0 Å². The summed E-state index contributed by atoms with van der Waals surface area (Å²) < 4.78 is 4.41. The molecule has 1 rings (SSSR count). The molecular formula is C11H19N3O3. The van der Waals surface area contributed by atoms with Crippen molar-refractivity contribution in [1.82, 2.24) is 15.4 Å². The summed E-state index contributed by atoms with van der Waals surface area (Å²) >= 11 is 0. The molecule has 1 heterocycles. The molecule has 0 aliphatic rings. The number of carbonyl (C=O) groups excluding carboxylic acids is 1. The molecule has 1 amide bonds. The molecule has 17 heavy (non-hydrogen) atoms. The highest BCUT2D eigenvalue weighted by Crippen LogP contribution is 1.93. The lowest BCUT2D eigenvalue weighted by Crippen LogP contribution is -2.26. The molecule has 0 spiro atoms. The molecular weight excluding hydrogens is 222 g/mol. The number of nitrogens with one attached hydrogen (secondary N) is 2. The van der Waals surface area contributed by atoms with Crippen molar-refractivity contribution in [3.63, 3.8) is 0 Å². The van der Waals surface area contributed by atoms with Gasteiger partial charge in [0.1, 0.15) is 5.69 Å². The van der Waals surface area contributed by atoms with E-state index >= 15 is 0 Å². The van der Waals surface area contributed by atoms with E-state index in [-0.39, 0.29) is 11.6 Å². The van der Waals surface area contributed by atoms with Crippen LogP contribution in [0, 0.1) is 0 Å². The number of aromatic amines is 1. The molecule has 96 valence electrons. The fraction of sp³-hybridized carbons (Fsp3) is 0.636. The largest absolute Gasteiger partial charge is 0.358 e. The lowest BCUT2D eigenvalue weighted by molar-refractivity contribution is 0.0943. The van der Waals surface area contributed by atoms with E-state index in [4.69, 9.17) is 0 Å². The summed E-state index contributed by atoms with van der Waals surface area (Å²) in [5.74, 6) is -0.306. The molecule has 0 unspecified atom stereocenters. The second kappa shape index (κ2) is 6.90. The molecule has 0 aliphatic carbocycles. The lowest BCUT2D eigenvalue weighted by Gasteiger charge is -2.13. The zero-order valence-electron chi connectivity index (χ0n) is 10.3. The molecule has 1 aromatic heterocycles. The van der Waals surface area contributed by atoms with Gasteiger partial charge in [-0.2, -0.15) is 0 Å². The summed E-state index contributed by atoms with van der Waals surface area (Å²) in [5.41, 5.74) is -0.375. The number of hydrogen-bond donors (Lipinski definition) is 2. The van der Waals surface area contributed by atoms with Gasteiger partial charge in [-0.1, -0.05) is 6.92 Å². The van der Waals surface area contributed by atoms with Gasteiger partial charge in [-0.05, 0) is 33.0 Å². The van der Waals surface area contributed by atoms with Crippen molar-refractivity contribution in [2.24, 2.45) is 0 Å². The van der Waals surface area contributed by atoms with Crippen LogP contribution in [-0.4, -0.2) is 42.6 Å². The molecule has 2 N–H and O–H groups in total. The summed E-state index contributed by atoms with van der Waals surface area (Å²) in [7, 11) is 2.06. The SMILES string of the molecule is CCN(C)CCCCNC(=O)c1cc(=O)o[nH]1. The first-order valence-corrected chi connectivity index (χ1v) is 5.78. The van der Waals surface area contributed by atoms with Crippen LogP contribution in [-0.2, 0) is 0 Å². The predicted molar refractivity (Wildman–Crippen MR) is 64.1 cm³/mol. The van der Waals surface area contributed by atoms with Gasteiger partial charge in [0.2, 0.25) is 0 Å². The minimum Gasteiger partial charge on any atom is -0.351 e. The summed E-state index contributed by atoms with van der Waals surface area (Å²) in [4.78, 5) is 24.4. The molecule has 0 fully saturated rings. The van der Waals surface area contributed by atoms with Gasteiger partial charge in [-0.3, -0.25) is 4.79 Å². The third-order valence-corrected chi connectivity index (χ3v) is 2.56. The first-order valence-electron chi connectivity index (χ1n) is 5.78. The predicted octanol–water partition coefficient (Wildman–Crippen LogP) is 0.430. The molecule has 0 radical (unpaired) electrons. The Morgan fingerprint density at radius 3 is 2.88 bits per heavy atom. The summed E-state index contributed by atoms with van der Waals surface area (Å²) in [6, 6.07) is 1.14. The number of aromatic nitrogens is 1. The first-order chi connectivity index (χ1) is 8.13. The number of unbranched alkanes of at least 4 members (excludes halogenated alkanes) is 1. The molecule has 0 bridgehead atoms. The molecule has 0 saturated carbocycles. The standard InChI is InChI=1S/C11H19N3O3/c1-3-14(2)7-5-4-6-12-11(16)9-8-10(15)17-13-9/h8,13H,3-7H2,1-2H3,(H,12,16). The fourth-order valence-corrected chi connectivity index (χ4v) is 1.36. The Bertz CT molecular complexity index is 397. The Hall–Kier alpha value is -1.56. The van der Waals surface area contributed by atoms with Gasteiger partial charge in [0.15, 0.2) is 0 Å². The van der Waals surface area contributed by atoms with Gasteiger partial charge in [0.25, 0.3) is 5.91 Å². The monoisotopic (exact) mass is 241 g/mol. The second-order valence-corrected chi connectivity index (χ2v) is 3.94. The highest BCUT2D eigenvalue weighted by Gasteiger charge is 2.07. The number of rotatable bonds is 7. The Balaban J connectivity index is 2.15. The quantitative estimate of drug-likeness (QED) is 0.678. The van der Waals surface area contributed by atoms with E-state index < -0.39 is 5.63 Å². The van der Waals surface area contributed by atoms with Crippen molar-refractivity contribution >= 4 is 5.91 Å². The van der Waals surface area contributed by atoms with Gasteiger partial charge in [0, 0.05) is 6.54 Å². The van der Waals surface area contributed by atoms with Crippen LogP contribution in [0.3, 0.4) is 0 Å². The zero-order valence-corrected chi connectivity index (χ0v) is 10.3. The van der Waals surface area contributed by atoms with E-state index in [2.05, 4.69) is 33.9 Å². The molecule has 0 saturated heterocycles. The van der Waals surface area contributed by atoms with Crippen LogP contribution in [0.4, 0.5) is 0 Å². The Kier molecular flexibility index (Phi) is 5.48. The maximum absolute atomic E-state index is 11.5. The van der Waals surface area contributed by atoms with E-state index in [1.54, 1.807) is 0 Å². The molecule has 0 aromatic carbocycles. The highest BCUT2D eigenvalue weighted by atomic mass is 16.5. The average molecular weight is 241 g/mol. The normalized spacial score (nSPS) is 10.8. The summed E-state index contributed by atoms with van der Waals surface area (Å²) in [6.45, 7) is 4.76. The van der Waals surface area contributed by atoms with Gasteiger partial charge in [-0.15, -0.1) is 0 Å². The minimum absolute atomic E-state index is 0.167. The van der Waals surface area contributed by atoms with Crippen LogP contribution in [0.2, 0.25) is 0 Å². The van der Waals surface area contributed by atoms with Gasteiger partial charge in [0.05, 0.1) is 6.07 Å². The molecule has 0 atom stereocenters. The average Bonchev–Trinajstić information content (AvgIpc) is 2.75. The van der Waals surface area contributed by atoms with E-state index in [1.807, 2.05) is 0 Å². The maximum Gasteiger partial charge on any atom is 0.358 e. The molecule has 1 aromatic rings. The van der Waals surface area contributed by atoms with Crippen molar-refractivity contribution in [3.8, 4) is 0 Å². The van der Waals surface area contributed by atoms with E-state index in [9.17, 15) is 9.59 Å². The first kappa shape index (κ1) is 13.5. The number of H-pyrrole nitrogens is 1.